The number of nitrogens with one attached hydrogen (secondary N) is 1. The van der Waals surface area contributed by atoms with E-state index in [1.165, 1.54) is 0 Å². The predicted octanol–water partition coefficient (Wildman–Crippen LogP) is 3.81. The van der Waals surface area contributed by atoms with Crippen molar-refractivity contribution in [3.8, 4) is 6.07 Å². The fraction of sp³-hybridized carbons (Fsp3) is 0.417. The van der Waals surface area contributed by atoms with Gasteiger partial charge in [0.2, 0.25) is 0 Å². The molecule has 2 nitrogen and oxygen atoms in total. The molecule has 0 radical (unpaired) electrons. The highest BCUT2D eigenvalue weighted by Gasteiger charge is 2.05. The van der Waals surface area contributed by atoms with E-state index in [0.717, 1.165) is 18.5 Å². The summed E-state index contributed by atoms with van der Waals surface area (Å²) in [5.74, 6) is 0. The van der Waals surface area contributed by atoms with Gasteiger partial charge in [0.05, 0.1) is 22.3 Å². The number of halogens is 1. The van der Waals surface area contributed by atoms with Crippen molar-refractivity contribution in [2.24, 2.45) is 0 Å². The molecule has 0 aliphatic rings. The third kappa shape index (κ3) is 3.45. The lowest BCUT2D eigenvalue weighted by Gasteiger charge is -2.15. The zero-order valence-electron chi connectivity index (χ0n) is 9.05. The van der Waals surface area contributed by atoms with Crippen LogP contribution in [0.1, 0.15) is 32.3 Å². The molecule has 15 heavy (non-hydrogen) atoms. The molecule has 0 saturated carbocycles. The van der Waals surface area contributed by atoms with Crippen LogP contribution in [0.4, 0.5) is 5.69 Å². The van der Waals surface area contributed by atoms with Crippen LogP contribution in [0.15, 0.2) is 18.2 Å². The normalized spacial score (nSPS) is 11.9. The van der Waals surface area contributed by atoms with Crippen LogP contribution in [0, 0.1) is 11.3 Å². The van der Waals surface area contributed by atoms with Crippen molar-refractivity contribution in [3.63, 3.8) is 0 Å². The fourth-order valence-electron chi connectivity index (χ4n) is 1.48. The van der Waals surface area contributed by atoms with Gasteiger partial charge in [0.25, 0.3) is 0 Å². The Bertz CT molecular complexity index is 368. The summed E-state index contributed by atoms with van der Waals surface area (Å²) in [5.41, 5.74) is 1.47. The first-order valence-corrected chi connectivity index (χ1v) is 5.51. The molecule has 0 spiro atoms. The van der Waals surface area contributed by atoms with Gasteiger partial charge < -0.3 is 5.32 Å². The van der Waals surface area contributed by atoms with Crippen LogP contribution in [0.3, 0.4) is 0 Å². The van der Waals surface area contributed by atoms with Crippen molar-refractivity contribution in [1.29, 1.82) is 5.26 Å². The van der Waals surface area contributed by atoms with Crippen LogP contribution in [0.5, 0.6) is 0 Å². The summed E-state index contributed by atoms with van der Waals surface area (Å²) in [4.78, 5) is 0. The zero-order valence-corrected chi connectivity index (χ0v) is 9.80. The molecule has 1 aromatic carbocycles. The lowest BCUT2D eigenvalue weighted by molar-refractivity contribution is 0.690. The van der Waals surface area contributed by atoms with E-state index in [1.807, 2.05) is 0 Å². The summed E-state index contributed by atoms with van der Waals surface area (Å²) in [6.45, 7) is 4.25. The highest BCUT2D eigenvalue weighted by Crippen LogP contribution is 2.24. The van der Waals surface area contributed by atoms with Crippen LogP contribution >= 0.6 is 11.6 Å². The maximum atomic E-state index is 8.77. The van der Waals surface area contributed by atoms with Gasteiger partial charge in [-0.1, -0.05) is 24.9 Å². The van der Waals surface area contributed by atoms with E-state index in [2.05, 4.69) is 25.2 Å². The first kappa shape index (κ1) is 11.9. The first-order chi connectivity index (χ1) is 7.17. The van der Waals surface area contributed by atoms with Gasteiger partial charge in [-0.3, -0.25) is 0 Å². The molecule has 0 heterocycles. The second-order valence-corrected chi connectivity index (χ2v) is 4.05. The summed E-state index contributed by atoms with van der Waals surface area (Å²) in [6.07, 6.45) is 2.22. The van der Waals surface area contributed by atoms with Crippen molar-refractivity contribution in [1.82, 2.24) is 0 Å². The minimum atomic E-state index is 0.376. The summed E-state index contributed by atoms with van der Waals surface area (Å²) in [7, 11) is 0. The van der Waals surface area contributed by atoms with E-state index in [1.54, 1.807) is 18.2 Å². The molecule has 3 heteroatoms. The molecular weight excluding hydrogens is 208 g/mol. The van der Waals surface area contributed by atoms with Crippen LogP contribution in [0.25, 0.3) is 0 Å². The molecule has 0 fully saturated rings. The molecule has 1 unspecified atom stereocenters. The minimum Gasteiger partial charge on any atom is -0.381 e. The maximum Gasteiger partial charge on any atom is 0.0992 e. The van der Waals surface area contributed by atoms with Crippen LogP contribution in [0.2, 0.25) is 5.02 Å². The molecule has 0 bridgehead atoms. The minimum absolute atomic E-state index is 0.376. The molecule has 0 aromatic heterocycles. The van der Waals surface area contributed by atoms with Crippen molar-refractivity contribution in [3.05, 3.63) is 28.8 Å². The van der Waals surface area contributed by atoms with Gasteiger partial charge in [0, 0.05) is 6.04 Å². The van der Waals surface area contributed by atoms with Gasteiger partial charge in [-0.2, -0.15) is 5.26 Å². The Morgan fingerprint density at radius 1 is 1.53 bits per heavy atom. The quantitative estimate of drug-likeness (QED) is 0.841. The van der Waals surface area contributed by atoms with Gasteiger partial charge in [0.15, 0.2) is 0 Å². The highest BCUT2D eigenvalue weighted by molar-refractivity contribution is 6.33. The van der Waals surface area contributed by atoms with Gasteiger partial charge in [-0.25, -0.2) is 0 Å². The van der Waals surface area contributed by atoms with Crippen LogP contribution in [-0.2, 0) is 0 Å². The van der Waals surface area contributed by atoms with Crippen molar-refractivity contribution in [2.45, 2.75) is 32.7 Å². The molecule has 1 aromatic rings. The van der Waals surface area contributed by atoms with E-state index in [0.29, 0.717) is 16.6 Å². The third-order valence-electron chi connectivity index (χ3n) is 2.22. The van der Waals surface area contributed by atoms with Crippen molar-refractivity contribution >= 4 is 17.3 Å². The molecule has 0 aliphatic carbocycles. The van der Waals surface area contributed by atoms with Gasteiger partial charge >= 0.3 is 0 Å². The number of anilines is 1. The van der Waals surface area contributed by atoms with Gasteiger partial charge in [-0.15, -0.1) is 0 Å². The highest BCUT2D eigenvalue weighted by atomic mass is 35.5. The lowest BCUT2D eigenvalue weighted by atomic mass is 10.1. The Labute approximate surface area is 95.9 Å². The number of nitriles is 1. The third-order valence-corrected chi connectivity index (χ3v) is 2.55. The van der Waals surface area contributed by atoms with E-state index >= 15 is 0 Å². The number of nitrogens with zero attached hydrogens (tertiary/aromatic N) is 1. The maximum absolute atomic E-state index is 8.77. The molecule has 80 valence electrons. The van der Waals surface area contributed by atoms with Crippen LogP contribution < -0.4 is 5.32 Å². The smallest absolute Gasteiger partial charge is 0.0992 e. The lowest BCUT2D eigenvalue weighted by Crippen LogP contribution is -2.14. The van der Waals surface area contributed by atoms with Crippen LogP contribution in [-0.4, -0.2) is 6.04 Å². The monoisotopic (exact) mass is 222 g/mol. The largest absolute Gasteiger partial charge is 0.381 e. The molecule has 0 amide bonds. The van der Waals surface area contributed by atoms with Crippen molar-refractivity contribution < 1.29 is 0 Å². The Hall–Kier alpha value is -1.20. The summed E-state index contributed by atoms with van der Waals surface area (Å²) in [6, 6.07) is 7.74. The second kappa shape index (κ2) is 5.63. The number of hydrogen-bond donors (Lipinski definition) is 1. The topological polar surface area (TPSA) is 35.8 Å². The molecule has 1 rings (SSSR count). The van der Waals surface area contributed by atoms with E-state index < -0.39 is 0 Å². The average Bonchev–Trinajstić information content (AvgIpc) is 2.21. The van der Waals surface area contributed by atoms with Gasteiger partial charge in [-0.05, 0) is 31.5 Å². The number of hydrogen-bond acceptors (Lipinski definition) is 2. The predicted molar refractivity (Wildman–Crippen MR) is 64.2 cm³/mol. The van der Waals surface area contributed by atoms with E-state index in [9.17, 15) is 0 Å². The Kier molecular flexibility index (Phi) is 4.45. The summed E-state index contributed by atoms with van der Waals surface area (Å²) in [5, 5.41) is 12.7. The molecule has 0 saturated heterocycles. The Balaban J connectivity index is 2.80. The SMILES string of the molecule is CCCC(C)Nc1cc(C#N)ccc1Cl. The Morgan fingerprint density at radius 2 is 2.27 bits per heavy atom. The summed E-state index contributed by atoms with van der Waals surface area (Å²) >= 11 is 6.03. The Morgan fingerprint density at radius 3 is 2.87 bits per heavy atom. The molecular formula is C12H15ClN2. The average molecular weight is 223 g/mol. The zero-order chi connectivity index (χ0) is 11.3. The standard InChI is InChI=1S/C12H15ClN2/c1-3-4-9(2)15-12-7-10(8-14)5-6-11(12)13/h5-7,9,15H,3-4H2,1-2H3. The number of benzene rings is 1. The molecule has 0 aliphatic heterocycles. The summed E-state index contributed by atoms with van der Waals surface area (Å²) < 4.78 is 0. The van der Waals surface area contributed by atoms with E-state index in [4.69, 9.17) is 16.9 Å². The first-order valence-electron chi connectivity index (χ1n) is 5.13. The number of rotatable bonds is 4. The fourth-order valence-corrected chi connectivity index (χ4v) is 1.65. The van der Waals surface area contributed by atoms with Gasteiger partial charge in [0.1, 0.15) is 0 Å². The van der Waals surface area contributed by atoms with E-state index in [-0.39, 0.29) is 0 Å². The van der Waals surface area contributed by atoms with Crippen molar-refractivity contribution in [2.75, 3.05) is 5.32 Å². The second-order valence-electron chi connectivity index (χ2n) is 3.64. The molecule has 1 N–H and O–H groups in total. The molecule has 1 atom stereocenters.